The minimum absolute atomic E-state index is 0.0753. The van der Waals surface area contributed by atoms with Gasteiger partial charge in [0.1, 0.15) is 5.57 Å². The summed E-state index contributed by atoms with van der Waals surface area (Å²) in [7, 11) is 0. The van der Waals surface area contributed by atoms with E-state index in [0.717, 1.165) is 56.4 Å². The highest BCUT2D eigenvalue weighted by atomic mass is 35.5. The Morgan fingerprint density at radius 1 is 0.971 bits per heavy atom. The van der Waals surface area contributed by atoms with Crippen molar-refractivity contribution in [1.82, 2.24) is 5.32 Å². The number of benzene rings is 3. The highest BCUT2D eigenvalue weighted by Crippen LogP contribution is 2.32. The minimum Gasteiger partial charge on any atom is -0.367 e. The van der Waals surface area contributed by atoms with E-state index in [2.05, 4.69) is 10.2 Å². The van der Waals surface area contributed by atoms with E-state index < -0.39 is 17.8 Å². The van der Waals surface area contributed by atoms with E-state index in [0.29, 0.717) is 12.2 Å². The zero-order valence-electron chi connectivity index (χ0n) is 19.5. The van der Waals surface area contributed by atoms with Gasteiger partial charge < -0.3 is 4.90 Å². The van der Waals surface area contributed by atoms with Crippen molar-refractivity contribution in [2.75, 3.05) is 16.3 Å². The van der Waals surface area contributed by atoms with Crippen LogP contribution in [0.25, 0.3) is 6.08 Å². The number of rotatable bonds is 4. The first-order valence-corrected chi connectivity index (χ1v) is 11.8. The molecule has 3 aromatic carbocycles. The summed E-state index contributed by atoms with van der Waals surface area (Å²) in [5.41, 5.74) is 6.39. The summed E-state index contributed by atoms with van der Waals surface area (Å²) in [5.74, 6) is -1.33. The number of fused-ring (bicyclic) bond motifs is 1. The molecule has 176 valence electrons. The van der Waals surface area contributed by atoms with E-state index >= 15 is 0 Å². The Bertz CT molecular complexity index is 1410. The number of hydrogen-bond acceptors (Lipinski definition) is 4. The van der Waals surface area contributed by atoms with Crippen molar-refractivity contribution in [2.24, 2.45) is 0 Å². The number of urea groups is 1. The monoisotopic (exact) mass is 485 g/mol. The Hall–Kier alpha value is -3.90. The first-order chi connectivity index (χ1) is 16.8. The fourth-order valence-corrected chi connectivity index (χ4v) is 4.70. The molecule has 0 bridgehead atoms. The van der Waals surface area contributed by atoms with Gasteiger partial charge in [0.2, 0.25) is 0 Å². The molecule has 5 rings (SSSR count). The second kappa shape index (κ2) is 9.04. The van der Waals surface area contributed by atoms with Gasteiger partial charge in [-0.05, 0) is 84.5 Å². The number of nitrogens with one attached hydrogen (secondary N) is 1. The van der Waals surface area contributed by atoms with E-state index in [9.17, 15) is 14.4 Å². The van der Waals surface area contributed by atoms with E-state index in [-0.39, 0.29) is 5.57 Å². The van der Waals surface area contributed by atoms with Crippen molar-refractivity contribution in [1.29, 1.82) is 0 Å². The molecule has 0 saturated carbocycles. The Morgan fingerprint density at radius 3 is 2.54 bits per heavy atom. The van der Waals surface area contributed by atoms with E-state index in [4.69, 9.17) is 11.6 Å². The highest BCUT2D eigenvalue weighted by molar-refractivity contribution is 6.39. The molecule has 0 unspecified atom stereocenters. The molecule has 35 heavy (non-hydrogen) atoms. The molecule has 2 aliphatic heterocycles. The molecule has 0 aromatic heterocycles. The van der Waals surface area contributed by atoms with Crippen LogP contribution >= 0.6 is 11.6 Å². The van der Waals surface area contributed by atoms with Gasteiger partial charge in [-0.1, -0.05) is 41.9 Å². The molecule has 0 atom stereocenters. The molecular weight excluding hydrogens is 462 g/mol. The quantitative estimate of drug-likeness (QED) is 0.408. The van der Waals surface area contributed by atoms with Gasteiger partial charge in [0, 0.05) is 23.8 Å². The number of carbonyl (C=O) groups excluding carboxylic acids is 3. The number of halogens is 1. The van der Waals surface area contributed by atoms with Crippen molar-refractivity contribution in [3.63, 3.8) is 0 Å². The van der Waals surface area contributed by atoms with Gasteiger partial charge in [0.15, 0.2) is 0 Å². The summed E-state index contributed by atoms with van der Waals surface area (Å²) >= 11 is 6.34. The van der Waals surface area contributed by atoms with Crippen molar-refractivity contribution < 1.29 is 14.4 Å². The number of nitrogens with zero attached hydrogens (tertiary/aromatic N) is 2. The number of aryl methyl sites for hydroxylation is 2. The summed E-state index contributed by atoms with van der Waals surface area (Å²) in [6.45, 7) is 5.43. The van der Waals surface area contributed by atoms with Crippen LogP contribution < -0.4 is 15.1 Å². The summed E-state index contributed by atoms with van der Waals surface area (Å²) < 4.78 is 0. The predicted octanol–water partition coefficient (Wildman–Crippen LogP) is 5.19. The normalized spacial score (nSPS) is 16.7. The SMILES string of the molecule is Cc1ccc(N2C(=O)NC(=O)/C(=C\c3ccc4c(c3)CCN4Cc3ccccc3Cl)C2=O)cc1C. The second-order valence-electron chi connectivity index (χ2n) is 8.88. The maximum atomic E-state index is 13.2. The predicted molar refractivity (Wildman–Crippen MR) is 138 cm³/mol. The molecule has 1 N–H and O–H groups in total. The van der Waals surface area contributed by atoms with Gasteiger partial charge in [-0.2, -0.15) is 0 Å². The second-order valence-corrected chi connectivity index (χ2v) is 9.28. The molecule has 0 radical (unpaired) electrons. The van der Waals surface area contributed by atoms with Crippen molar-refractivity contribution in [3.05, 3.63) is 99.1 Å². The largest absolute Gasteiger partial charge is 0.367 e. The maximum Gasteiger partial charge on any atom is 0.335 e. The summed E-state index contributed by atoms with van der Waals surface area (Å²) in [6, 6.07) is 18.3. The summed E-state index contributed by atoms with van der Waals surface area (Å²) in [4.78, 5) is 41.6. The topological polar surface area (TPSA) is 69.7 Å². The highest BCUT2D eigenvalue weighted by Gasteiger charge is 2.37. The molecule has 2 aliphatic rings. The maximum absolute atomic E-state index is 13.2. The van der Waals surface area contributed by atoms with Gasteiger partial charge in [0.05, 0.1) is 5.69 Å². The number of anilines is 2. The molecule has 7 heteroatoms. The van der Waals surface area contributed by atoms with E-state index in [1.54, 1.807) is 18.2 Å². The zero-order chi connectivity index (χ0) is 24.7. The lowest BCUT2D eigenvalue weighted by Gasteiger charge is -2.27. The molecular formula is C28H24ClN3O3. The smallest absolute Gasteiger partial charge is 0.335 e. The Morgan fingerprint density at radius 2 is 1.77 bits per heavy atom. The van der Waals surface area contributed by atoms with Gasteiger partial charge in [-0.15, -0.1) is 0 Å². The summed E-state index contributed by atoms with van der Waals surface area (Å²) in [5, 5.41) is 3.04. The van der Waals surface area contributed by atoms with E-state index in [1.807, 2.05) is 62.4 Å². The molecule has 0 spiro atoms. The van der Waals surface area contributed by atoms with Gasteiger partial charge >= 0.3 is 6.03 Å². The third-order valence-corrected chi connectivity index (χ3v) is 6.94. The average molecular weight is 486 g/mol. The first kappa shape index (κ1) is 22.9. The van der Waals surface area contributed by atoms with Crippen LogP contribution in [0.1, 0.15) is 27.8 Å². The van der Waals surface area contributed by atoms with Crippen LogP contribution in [-0.4, -0.2) is 24.4 Å². The fourth-order valence-electron chi connectivity index (χ4n) is 4.50. The Balaban J connectivity index is 1.42. The van der Waals surface area contributed by atoms with E-state index in [1.165, 1.54) is 0 Å². The molecule has 6 nitrogen and oxygen atoms in total. The third kappa shape index (κ3) is 4.33. The first-order valence-electron chi connectivity index (χ1n) is 11.4. The average Bonchev–Trinajstić information content (AvgIpc) is 3.22. The standard InChI is InChI=1S/C28H24ClN3O3/c1-17-7-9-22(13-18(17)2)32-27(34)23(26(33)30-28(32)35)15-19-8-10-25-20(14-19)11-12-31(25)16-21-5-3-4-6-24(21)29/h3-10,13-15H,11-12,16H2,1-2H3,(H,30,33,35)/b23-15+. The number of barbiturate groups is 1. The number of hydrogen-bond donors (Lipinski definition) is 1. The van der Waals surface area contributed by atoms with Crippen molar-refractivity contribution in [3.8, 4) is 0 Å². The number of carbonyl (C=O) groups is 3. The molecule has 2 heterocycles. The Kier molecular flexibility index (Phi) is 5.91. The molecule has 0 aliphatic carbocycles. The van der Waals surface area contributed by atoms with Crippen LogP contribution in [-0.2, 0) is 22.6 Å². The fraction of sp³-hybridized carbons (Fsp3) is 0.179. The van der Waals surface area contributed by atoms with Gasteiger partial charge in [-0.25, -0.2) is 9.69 Å². The number of imide groups is 2. The molecule has 4 amide bonds. The lowest BCUT2D eigenvalue weighted by Crippen LogP contribution is -2.54. The zero-order valence-corrected chi connectivity index (χ0v) is 20.2. The minimum atomic E-state index is -0.746. The van der Waals surface area contributed by atoms with Crippen LogP contribution in [0.3, 0.4) is 0 Å². The van der Waals surface area contributed by atoms with Gasteiger partial charge in [-0.3, -0.25) is 14.9 Å². The summed E-state index contributed by atoms with van der Waals surface area (Å²) in [6.07, 6.45) is 2.40. The van der Waals surface area contributed by atoms with Gasteiger partial charge in [0.25, 0.3) is 11.8 Å². The Labute approximate surface area is 208 Å². The molecule has 1 saturated heterocycles. The van der Waals surface area contributed by atoms with Crippen LogP contribution in [0.15, 0.2) is 66.2 Å². The third-order valence-electron chi connectivity index (χ3n) is 6.58. The molecule has 3 aromatic rings. The van der Waals surface area contributed by atoms with Crippen LogP contribution in [0.4, 0.5) is 16.2 Å². The van der Waals surface area contributed by atoms with Crippen LogP contribution in [0.5, 0.6) is 0 Å². The van der Waals surface area contributed by atoms with Crippen molar-refractivity contribution in [2.45, 2.75) is 26.8 Å². The van der Waals surface area contributed by atoms with Crippen LogP contribution in [0, 0.1) is 13.8 Å². The van der Waals surface area contributed by atoms with Crippen molar-refractivity contribution >= 4 is 46.9 Å². The molecule has 1 fully saturated rings. The lowest BCUT2D eigenvalue weighted by molar-refractivity contribution is -0.122. The van der Waals surface area contributed by atoms with Crippen LogP contribution in [0.2, 0.25) is 5.02 Å². The lowest BCUT2D eigenvalue weighted by atomic mass is 10.0. The number of amides is 4.